The summed E-state index contributed by atoms with van der Waals surface area (Å²) in [7, 11) is 0.811. The monoisotopic (exact) mass is 551 g/mol. The van der Waals surface area contributed by atoms with Crippen LogP contribution in [-0.2, 0) is 66.7 Å². The number of methoxy groups -OCH3 is 1. The molecule has 1 aliphatic rings. The summed E-state index contributed by atoms with van der Waals surface area (Å²) < 4.78 is 51.4. The zero-order valence-corrected chi connectivity index (χ0v) is 21.8. The summed E-state index contributed by atoms with van der Waals surface area (Å²) in [6.07, 6.45) is -10.4. The van der Waals surface area contributed by atoms with Gasteiger partial charge < -0.3 is 38.5 Å². The molecule has 1 heterocycles. The Labute approximate surface area is 216 Å². The smallest absolute Gasteiger partial charge is 0.383 e. The van der Waals surface area contributed by atoms with Gasteiger partial charge in [-0.1, -0.05) is 0 Å². The molecule has 1 aliphatic heterocycles. The Morgan fingerprint density at radius 3 is 1.87 bits per heavy atom. The van der Waals surface area contributed by atoms with Crippen molar-refractivity contribution in [2.24, 2.45) is 0 Å². The largest absolute Gasteiger partial charge is 0.464 e. The molecule has 0 aromatic rings. The van der Waals surface area contributed by atoms with Gasteiger partial charge in [-0.3, -0.25) is 28.8 Å². The SMILES string of the molecule is COC(=O)[C@]1(OC(C)=O)O[C@H]([C@H](OC(C)=O)[C@@H](COC(C)=O)OC(C)=O)[C@H](NC(C)=O)[C@@H](OC(C)=O)[C@H]1F. The molecule has 0 aliphatic carbocycles. The fourth-order valence-corrected chi connectivity index (χ4v) is 3.71. The number of carbonyl (C=O) groups excluding carboxylic acids is 7. The van der Waals surface area contributed by atoms with Gasteiger partial charge in [0.2, 0.25) is 12.1 Å². The number of ether oxygens (including phenoxy) is 7. The van der Waals surface area contributed by atoms with Gasteiger partial charge in [0.1, 0.15) is 12.7 Å². The molecule has 0 bridgehead atoms. The molecule has 38 heavy (non-hydrogen) atoms. The fourth-order valence-electron chi connectivity index (χ4n) is 3.71. The summed E-state index contributed by atoms with van der Waals surface area (Å²) in [4.78, 5) is 84.0. The van der Waals surface area contributed by atoms with Crippen molar-refractivity contribution in [1.29, 1.82) is 0 Å². The molecule has 0 saturated carbocycles. The van der Waals surface area contributed by atoms with Crippen molar-refractivity contribution in [3.63, 3.8) is 0 Å². The molecule has 0 aromatic carbocycles. The second-order valence-electron chi connectivity index (χ2n) is 8.06. The third kappa shape index (κ3) is 8.36. The minimum absolute atomic E-state index is 0.740. The lowest BCUT2D eigenvalue weighted by Crippen LogP contribution is -2.74. The highest BCUT2D eigenvalue weighted by atomic mass is 19.1. The maximum Gasteiger partial charge on any atom is 0.383 e. The summed E-state index contributed by atoms with van der Waals surface area (Å²) in [5.74, 6) is -10.8. The molecule has 0 unspecified atom stereocenters. The number of alkyl halides is 1. The maximum absolute atomic E-state index is 16.0. The van der Waals surface area contributed by atoms with Crippen LogP contribution in [0.5, 0.6) is 0 Å². The summed E-state index contributed by atoms with van der Waals surface area (Å²) >= 11 is 0. The molecule has 1 saturated heterocycles. The molecule has 0 radical (unpaired) electrons. The average molecular weight is 551 g/mol. The maximum atomic E-state index is 16.0. The van der Waals surface area contributed by atoms with E-state index in [-0.39, 0.29) is 0 Å². The second-order valence-corrected chi connectivity index (χ2v) is 8.06. The number of hydrogen-bond acceptors (Lipinski definition) is 14. The van der Waals surface area contributed by atoms with Crippen molar-refractivity contribution >= 4 is 41.7 Å². The third-order valence-electron chi connectivity index (χ3n) is 4.87. The standard InChI is InChI=1S/C22H30FNO14/c1-9(25)24-16-18(17(35-12(4)28)15(34-11(3)27)8-33-10(2)26)38-22(21(31)32-7,37-14(6)30)20(23)19(16)36-13(5)29/h15-20H,8H2,1-7H3,(H,24,25)/t15-,16+,17-,18+,19-,20-,22-/m1/s1. The van der Waals surface area contributed by atoms with Crippen molar-refractivity contribution in [3.8, 4) is 0 Å². The first-order chi connectivity index (χ1) is 17.5. The number of rotatable bonds is 10. The van der Waals surface area contributed by atoms with Crippen LogP contribution in [0.1, 0.15) is 41.5 Å². The quantitative estimate of drug-likeness (QED) is 0.257. The topological polar surface area (TPSA) is 196 Å². The molecular formula is C22H30FNO14. The number of hydrogen-bond donors (Lipinski definition) is 1. The minimum Gasteiger partial charge on any atom is -0.464 e. The van der Waals surface area contributed by atoms with E-state index < -0.39 is 90.7 Å². The van der Waals surface area contributed by atoms with Gasteiger partial charge in [0, 0.05) is 41.5 Å². The molecule has 7 atom stereocenters. The normalized spacial score (nSPS) is 26.0. The summed E-state index contributed by atoms with van der Waals surface area (Å²) in [6, 6.07) is -1.75. The van der Waals surface area contributed by atoms with E-state index in [1.807, 2.05) is 0 Å². The lowest BCUT2D eigenvalue weighted by atomic mass is 9.86. The lowest BCUT2D eigenvalue weighted by Gasteiger charge is -2.49. The zero-order valence-electron chi connectivity index (χ0n) is 21.8. The average Bonchev–Trinajstić information content (AvgIpc) is 2.77. The van der Waals surface area contributed by atoms with Gasteiger partial charge in [0.15, 0.2) is 18.3 Å². The van der Waals surface area contributed by atoms with Crippen LogP contribution in [0.15, 0.2) is 0 Å². The second kappa shape index (κ2) is 13.6. The summed E-state index contributed by atoms with van der Waals surface area (Å²) in [6.45, 7) is 4.89. The predicted molar refractivity (Wildman–Crippen MR) is 117 cm³/mol. The number of carbonyl (C=O) groups is 7. The number of nitrogens with one attached hydrogen (secondary N) is 1. The molecule has 0 spiro atoms. The Kier molecular flexibility index (Phi) is 11.6. The van der Waals surface area contributed by atoms with E-state index in [4.69, 9.17) is 28.4 Å². The van der Waals surface area contributed by atoms with Gasteiger partial charge in [0.25, 0.3) is 0 Å². The highest BCUT2D eigenvalue weighted by molar-refractivity contribution is 5.83. The van der Waals surface area contributed by atoms with Crippen molar-refractivity contribution < 1.29 is 71.1 Å². The molecule has 0 aromatic heterocycles. The Morgan fingerprint density at radius 1 is 0.868 bits per heavy atom. The van der Waals surface area contributed by atoms with Gasteiger partial charge in [-0.25, -0.2) is 9.18 Å². The Bertz CT molecular complexity index is 954. The van der Waals surface area contributed by atoms with Crippen molar-refractivity contribution in [3.05, 3.63) is 0 Å². The minimum atomic E-state index is -3.25. The number of amides is 1. The van der Waals surface area contributed by atoms with Crippen LogP contribution in [-0.4, -0.2) is 97.9 Å². The van der Waals surface area contributed by atoms with Crippen LogP contribution in [0.25, 0.3) is 0 Å². The van der Waals surface area contributed by atoms with E-state index in [9.17, 15) is 33.6 Å². The Morgan fingerprint density at radius 2 is 1.45 bits per heavy atom. The Hall–Kier alpha value is -3.82. The molecule has 1 fully saturated rings. The van der Waals surface area contributed by atoms with Crippen LogP contribution in [0.4, 0.5) is 4.39 Å². The summed E-state index contributed by atoms with van der Waals surface area (Å²) in [5.41, 5.74) is 0. The van der Waals surface area contributed by atoms with Crippen LogP contribution in [0.3, 0.4) is 0 Å². The first-order valence-electron chi connectivity index (χ1n) is 11.1. The molecule has 214 valence electrons. The van der Waals surface area contributed by atoms with Crippen molar-refractivity contribution in [2.45, 2.75) is 84.0 Å². The van der Waals surface area contributed by atoms with Crippen LogP contribution in [0, 0.1) is 0 Å². The van der Waals surface area contributed by atoms with Gasteiger partial charge in [0.05, 0.1) is 13.2 Å². The first-order valence-corrected chi connectivity index (χ1v) is 11.1. The van der Waals surface area contributed by atoms with E-state index in [2.05, 4.69) is 10.1 Å². The molecule has 1 amide bonds. The van der Waals surface area contributed by atoms with E-state index in [1.165, 1.54) is 0 Å². The van der Waals surface area contributed by atoms with Crippen molar-refractivity contribution in [1.82, 2.24) is 5.32 Å². The molecule has 1 N–H and O–H groups in total. The van der Waals surface area contributed by atoms with Gasteiger partial charge in [-0.15, -0.1) is 0 Å². The molecule has 16 heteroatoms. The van der Waals surface area contributed by atoms with Gasteiger partial charge in [-0.2, -0.15) is 0 Å². The highest BCUT2D eigenvalue weighted by Gasteiger charge is 2.67. The fraction of sp³-hybridized carbons (Fsp3) is 0.682. The van der Waals surface area contributed by atoms with Gasteiger partial charge in [-0.05, 0) is 0 Å². The first kappa shape index (κ1) is 32.2. The van der Waals surface area contributed by atoms with Crippen molar-refractivity contribution in [2.75, 3.05) is 13.7 Å². The highest BCUT2D eigenvalue weighted by Crippen LogP contribution is 2.39. The number of esters is 6. The Balaban J connectivity index is 3.93. The molecular weight excluding hydrogens is 521 g/mol. The molecule has 15 nitrogen and oxygen atoms in total. The van der Waals surface area contributed by atoms with Crippen LogP contribution in [0.2, 0.25) is 0 Å². The van der Waals surface area contributed by atoms with E-state index in [0.717, 1.165) is 48.7 Å². The van der Waals surface area contributed by atoms with Crippen LogP contribution >= 0.6 is 0 Å². The predicted octanol–water partition coefficient (Wildman–Crippen LogP) is -0.981. The third-order valence-corrected chi connectivity index (χ3v) is 4.87. The van der Waals surface area contributed by atoms with E-state index >= 15 is 4.39 Å². The van der Waals surface area contributed by atoms with Crippen LogP contribution < -0.4 is 5.32 Å². The zero-order chi connectivity index (χ0) is 29.4. The molecule has 1 rings (SSSR count). The number of halogens is 1. The van der Waals surface area contributed by atoms with E-state index in [0.29, 0.717) is 0 Å². The van der Waals surface area contributed by atoms with Gasteiger partial charge >= 0.3 is 41.6 Å². The van der Waals surface area contributed by atoms with E-state index in [1.54, 1.807) is 0 Å². The summed E-state index contributed by atoms with van der Waals surface area (Å²) in [5, 5.41) is 2.28. The lowest BCUT2D eigenvalue weighted by molar-refractivity contribution is -0.326.